The average Bonchev–Trinajstić information content (AvgIpc) is 2.69. The molecule has 1 aliphatic carbocycles. The van der Waals surface area contributed by atoms with Gasteiger partial charge in [0.05, 0.1) is 10.7 Å². The van der Waals surface area contributed by atoms with E-state index in [4.69, 9.17) is 0 Å². The first kappa shape index (κ1) is 15.2. The summed E-state index contributed by atoms with van der Waals surface area (Å²) in [4.78, 5) is 15.9. The lowest BCUT2D eigenvalue weighted by atomic mass is 9.97. The number of carbonyl (C=O) groups is 1. The minimum atomic E-state index is -3.79. The number of sulfonamides is 1. The van der Waals surface area contributed by atoms with E-state index >= 15 is 0 Å². The molecule has 1 N–H and O–H groups in total. The molecule has 110 valence electrons. The van der Waals surface area contributed by atoms with Crippen molar-refractivity contribution in [1.29, 1.82) is 0 Å². The summed E-state index contributed by atoms with van der Waals surface area (Å²) in [6, 6.07) is 0. The van der Waals surface area contributed by atoms with Crippen molar-refractivity contribution >= 4 is 27.3 Å². The van der Waals surface area contributed by atoms with Crippen LogP contribution in [0.1, 0.15) is 42.8 Å². The second kappa shape index (κ2) is 6.05. The number of amides is 1. The van der Waals surface area contributed by atoms with Crippen molar-refractivity contribution in [2.75, 3.05) is 0 Å². The lowest BCUT2D eigenvalue weighted by molar-refractivity contribution is -0.118. The number of nitrogens with zero attached hydrogens (tertiary/aromatic N) is 1. The zero-order chi connectivity index (χ0) is 14.8. The molecule has 0 aliphatic heterocycles. The van der Waals surface area contributed by atoms with E-state index in [9.17, 15) is 13.2 Å². The summed E-state index contributed by atoms with van der Waals surface area (Å²) in [7, 11) is -3.79. The summed E-state index contributed by atoms with van der Waals surface area (Å²) in [5.74, 6) is -0.469. The predicted molar refractivity (Wildman–Crippen MR) is 78.1 cm³/mol. The first-order chi connectivity index (χ1) is 9.38. The molecule has 2 rings (SSSR count). The highest BCUT2D eigenvalue weighted by Crippen LogP contribution is 2.23. The number of aromatic nitrogens is 1. The van der Waals surface area contributed by atoms with Gasteiger partial charge in [-0.3, -0.25) is 4.79 Å². The first-order valence-corrected chi connectivity index (χ1v) is 8.86. The smallest absolute Gasteiger partial charge is 0.274 e. The van der Waals surface area contributed by atoms with Crippen molar-refractivity contribution < 1.29 is 13.2 Å². The minimum Gasteiger partial charge on any atom is -0.274 e. The monoisotopic (exact) mass is 314 g/mol. The van der Waals surface area contributed by atoms with Gasteiger partial charge in [-0.05, 0) is 39.5 Å². The van der Waals surface area contributed by atoms with Gasteiger partial charge in [-0.1, -0.05) is 11.6 Å². The van der Waals surface area contributed by atoms with Crippen molar-refractivity contribution in [3.8, 4) is 0 Å². The van der Waals surface area contributed by atoms with Crippen LogP contribution in [0.4, 0.5) is 0 Å². The fourth-order valence-corrected chi connectivity index (χ4v) is 4.73. The van der Waals surface area contributed by atoms with Gasteiger partial charge < -0.3 is 0 Å². The molecule has 1 aromatic rings. The lowest BCUT2D eigenvalue weighted by Gasteiger charge is -2.12. The van der Waals surface area contributed by atoms with Gasteiger partial charge in [-0.15, -0.1) is 11.3 Å². The van der Waals surface area contributed by atoms with E-state index in [0.29, 0.717) is 10.7 Å². The third-order valence-corrected chi connectivity index (χ3v) is 6.18. The summed E-state index contributed by atoms with van der Waals surface area (Å²) in [5, 5.41) is 0.672. The molecule has 0 radical (unpaired) electrons. The van der Waals surface area contributed by atoms with Gasteiger partial charge in [0.25, 0.3) is 10.0 Å². The molecule has 1 aromatic heterocycles. The summed E-state index contributed by atoms with van der Waals surface area (Å²) < 4.78 is 26.5. The zero-order valence-corrected chi connectivity index (χ0v) is 13.2. The van der Waals surface area contributed by atoms with Crippen LogP contribution >= 0.6 is 11.3 Å². The third-order valence-electron chi connectivity index (χ3n) is 3.13. The van der Waals surface area contributed by atoms with Gasteiger partial charge >= 0.3 is 0 Å². The van der Waals surface area contributed by atoms with Crippen LogP contribution in [0.25, 0.3) is 0 Å². The molecule has 0 saturated heterocycles. The van der Waals surface area contributed by atoms with E-state index in [2.05, 4.69) is 9.71 Å². The first-order valence-electron chi connectivity index (χ1n) is 6.56. The maximum atomic E-state index is 12.1. The number of rotatable bonds is 4. The van der Waals surface area contributed by atoms with Crippen molar-refractivity contribution in [3.63, 3.8) is 0 Å². The Balaban J connectivity index is 2.06. The highest BCUT2D eigenvalue weighted by molar-refractivity contribution is 7.92. The quantitative estimate of drug-likeness (QED) is 0.866. The topological polar surface area (TPSA) is 76.1 Å². The Labute approximate surface area is 123 Å². The Morgan fingerprint density at radius 2 is 2.15 bits per heavy atom. The summed E-state index contributed by atoms with van der Waals surface area (Å²) in [6.07, 6.45) is 6.27. The number of carbonyl (C=O) groups excluding carboxylic acids is 1. The van der Waals surface area contributed by atoms with E-state index in [1.54, 1.807) is 13.8 Å². The van der Waals surface area contributed by atoms with Crippen LogP contribution in [0, 0.1) is 13.8 Å². The number of nitrogens with one attached hydrogen (secondary N) is 1. The molecule has 0 fully saturated rings. The Morgan fingerprint density at radius 1 is 1.40 bits per heavy atom. The Morgan fingerprint density at radius 3 is 2.70 bits per heavy atom. The summed E-state index contributed by atoms with van der Waals surface area (Å²) in [5.41, 5.74) is 1.46. The lowest BCUT2D eigenvalue weighted by Crippen LogP contribution is -2.30. The number of aryl methyl sites for hydroxylation is 2. The van der Waals surface area contributed by atoms with Gasteiger partial charge in [-0.25, -0.2) is 18.1 Å². The Bertz CT molecular complexity index is 645. The molecular formula is C13H18N2O3S2. The van der Waals surface area contributed by atoms with Crippen LogP contribution in [0.2, 0.25) is 0 Å². The zero-order valence-electron chi connectivity index (χ0n) is 11.6. The van der Waals surface area contributed by atoms with Crippen molar-refractivity contribution in [1.82, 2.24) is 9.71 Å². The SMILES string of the molecule is Cc1nc(C)c(S(=O)(=O)NC(=O)CC2=CCCCC2)s1. The number of hydrogen-bond donors (Lipinski definition) is 1. The van der Waals surface area contributed by atoms with E-state index in [1.807, 2.05) is 6.08 Å². The van der Waals surface area contributed by atoms with Crippen LogP contribution in [-0.2, 0) is 14.8 Å². The predicted octanol–water partition coefficient (Wildman–Crippen LogP) is 2.46. The van der Waals surface area contributed by atoms with Crippen molar-refractivity contribution in [2.24, 2.45) is 0 Å². The van der Waals surface area contributed by atoms with Crippen LogP contribution < -0.4 is 4.72 Å². The minimum absolute atomic E-state index is 0.126. The average molecular weight is 314 g/mol. The van der Waals surface area contributed by atoms with Crippen LogP contribution in [0.15, 0.2) is 15.9 Å². The standard InChI is InChI=1S/C13H18N2O3S2/c1-9-13(19-10(2)14-9)20(17,18)15-12(16)8-11-6-4-3-5-7-11/h6H,3-5,7-8H2,1-2H3,(H,15,16). The third kappa shape index (κ3) is 3.67. The van der Waals surface area contributed by atoms with Gasteiger partial charge in [0.1, 0.15) is 0 Å². The molecule has 0 spiro atoms. The van der Waals surface area contributed by atoms with E-state index in [0.717, 1.165) is 42.6 Å². The summed E-state index contributed by atoms with van der Waals surface area (Å²) >= 11 is 1.08. The maximum absolute atomic E-state index is 12.1. The van der Waals surface area contributed by atoms with E-state index < -0.39 is 15.9 Å². The van der Waals surface area contributed by atoms with Crippen LogP contribution in [0.5, 0.6) is 0 Å². The molecule has 7 heteroatoms. The molecule has 0 unspecified atom stereocenters. The summed E-state index contributed by atoms with van der Waals surface area (Å²) in [6.45, 7) is 3.37. The second-order valence-electron chi connectivity index (χ2n) is 4.92. The van der Waals surface area contributed by atoms with E-state index in [1.165, 1.54) is 0 Å². The maximum Gasteiger partial charge on any atom is 0.275 e. The molecule has 0 bridgehead atoms. The molecule has 1 aliphatic rings. The molecule has 1 heterocycles. The second-order valence-corrected chi connectivity index (χ2v) is 8.00. The molecule has 0 aromatic carbocycles. The number of thiazole rings is 1. The molecule has 20 heavy (non-hydrogen) atoms. The highest BCUT2D eigenvalue weighted by atomic mass is 32.2. The Kier molecular flexibility index (Phi) is 4.59. The Hall–Kier alpha value is -1.21. The van der Waals surface area contributed by atoms with Crippen molar-refractivity contribution in [3.05, 3.63) is 22.4 Å². The highest BCUT2D eigenvalue weighted by Gasteiger charge is 2.23. The molecule has 1 amide bonds. The molecule has 5 nitrogen and oxygen atoms in total. The molecule has 0 saturated carbocycles. The fourth-order valence-electron chi connectivity index (χ4n) is 2.27. The van der Waals surface area contributed by atoms with E-state index in [-0.39, 0.29) is 10.6 Å². The molecular weight excluding hydrogens is 296 g/mol. The van der Waals surface area contributed by atoms with Gasteiger partial charge in [0.2, 0.25) is 5.91 Å². The number of hydrogen-bond acceptors (Lipinski definition) is 5. The van der Waals surface area contributed by atoms with Gasteiger partial charge in [0, 0.05) is 6.42 Å². The largest absolute Gasteiger partial charge is 0.275 e. The van der Waals surface area contributed by atoms with Crippen LogP contribution in [-0.4, -0.2) is 19.3 Å². The van der Waals surface area contributed by atoms with Crippen molar-refractivity contribution in [2.45, 2.75) is 50.2 Å². The van der Waals surface area contributed by atoms with Gasteiger partial charge in [-0.2, -0.15) is 0 Å². The fraction of sp³-hybridized carbons (Fsp3) is 0.538. The number of allylic oxidation sites excluding steroid dienone is 1. The van der Waals surface area contributed by atoms with Gasteiger partial charge in [0.15, 0.2) is 4.21 Å². The molecule has 0 atom stereocenters. The van der Waals surface area contributed by atoms with Crippen LogP contribution in [0.3, 0.4) is 0 Å². The normalized spacial score (nSPS) is 15.8.